The van der Waals surface area contributed by atoms with Crippen molar-refractivity contribution in [3.63, 3.8) is 0 Å². The van der Waals surface area contributed by atoms with Crippen LogP contribution in [0.3, 0.4) is 0 Å². The first-order valence-electron chi connectivity index (χ1n) is 7.68. The van der Waals surface area contributed by atoms with Crippen molar-refractivity contribution in [1.82, 2.24) is 5.32 Å². The van der Waals surface area contributed by atoms with Gasteiger partial charge in [0.1, 0.15) is 0 Å². The van der Waals surface area contributed by atoms with Crippen LogP contribution in [0.5, 0.6) is 0 Å². The van der Waals surface area contributed by atoms with Crippen molar-refractivity contribution in [3.05, 3.63) is 20.8 Å². The van der Waals surface area contributed by atoms with E-state index in [0.29, 0.717) is 6.04 Å². The van der Waals surface area contributed by atoms with Crippen molar-refractivity contribution in [2.75, 3.05) is 6.54 Å². The maximum absolute atomic E-state index is 6.20. The molecule has 0 aliphatic rings. The molecule has 0 saturated carbocycles. The molecule has 0 aliphatic heterocycles. The van der Waals surface area contributed by atoms with Crippen molar-refractivity contribution >= 4 is 22.9 Å². The maximum Gasteiger partial charge on any atom is 0.0960 e. The van der Waals surface area contributed by atoms with E-state index in [1.807, 2.05) is 0 Å². The van der Waals surface area contributed by atoms with E-state index in [-0.39, 0.29) is 0 Å². The maximum atomic E-state index is 6.20. The lowest BCUT2D eigenvalue weighted by molar-refractivity contribution is 0.473. The Labute approximate surface area is 127 Å². The summed E-state index contributed by atoms with van der Waals surface area (Å²) in [7, 11) is 0. The zero-order chi connectivity index (χ0) is 14.1. The minimum absolute atomic E-state index is 0.498. The molecule has 1 aromatic rings. The smallest absolute Gasteiger partial charge is 0.0960 e. The van der Waals surface area contributed by atoms with Crippen LogP contribution in [0.25, 0.3) is 0 Å². The number of thiophene rings is 1. The lowest BCUT2D eigenvalue weighted by atomic mass is 10.0. The molecule has 0 fully saturated rings. The molecule has 3 heteroatoms. The molecule has 1 aromatic heterocycles. The van der Waals surface area contributed by atoms with Gasteiger partial charge in [-0.25, -0.2) is 0 Å². The number of rotatable bonds is 10. The quantitative estimate of drug-likeness (QED) is 0.514. The molecule has 1 nitrogen and oxygen atoms in total. The molecular weight excluding hydrogens is 274 g/mol. The number of unbranched alkanes of at least 4 members (excludes halogenated alkanes) is 4. The second-order valence-corrected chi connectivity index (χ2v) is 7.00. The van der Waals surface area contributed by atoms with Crippen LogP contribution in [-0.4, -0.2) is 6.54 Å². The molecule has 1 rings (SSSR count). The van der Waals surface area contributed by atoms with Gasteiger partial charge in [-0.1, -0.05) is 57.6 Å². The summed E-state index contributed by atoms with van der Waals surface area (Å²) in [6.07, 6.45) is 9.16. The first kappa shape index (κ1) is 17.0. The van der Waals surface area contributed by atoms with Gasteiger partial charge in [0.05, 0.1) is 4.34 Å². The van der Waals surface area contributed by atoms with Crippen LogP contribution < -0.4 is 5.32 Å². The zero-order valence-electron chi connectivity index (χ0n) is 12.6. The van der Waals surface area contributed by atoms with Crippen molar-refractivity contribution in [1.29, 1.82) is 0 Å². The largest absolute Gasteiger partial charge is 0.309 e. The highest BCUT2D eigenvalue weighted by Gasteiger charge is 2.14. The van der Waals surface area contributed by atoms with E-state index in [9.17, 15) is 0 Å². The first-order chi connectivity index (χ1) is 9.19. The summed E-state index contributed by atoms with van der Waals surface area (Å²) in [5.41, 5.74) is 1.22. The Bertz CT molecular complexity index is 329. The van der Waals surface area contributed by atoms with E-state index >= 15 is 0 Å². The Balaban J connectivity index is 2.46. The Morgan fingerprint density at radius 1 is 1.16 bits per heavy atom. The van der Waals surface area contributed by atoms with E-state index < -0.39 is 0 Å². The predicted octanol–water partition coefficient (Wildman–Crippen LogP) is 6.11. The van der Waals surface area contributed by atoms with Crippen LogP contribution in [0, 0.1) is 6.92 Å². The summed E-state index contributed by atoms with van der Waals surface area (Å²) in [5, 5.41) is 3.67. The summed E-state index contributed by atoms with van der Waals surface area (Å²) in [6.45, 7) is 7.68. The lowest BCUT2D eigenvalue weighted by Crippen LogP contribution is -2.21. The second kappa shape index (κ2) is 9.79. The third kappa shape index (κ3) is 6.29. The minimum Gasteiger partial charge on any atom is -0.309 e. The highest BCUT2D eigenvalue weighted by atomic mass is 35.5. The summed E-state index contributed by atoms with van der Waals surface area (Å²) in [4.78, 5) is 1.41. The summed E-state index contributed by atoms with van der Waals surface area (Å²) >= 11 is 7.94. The van der Waals surface area contributed by atoms with E-state index in [0.717, 1.165) is 10.9 Å². The van der Waals surface area contributed by atoms with E-state index in [2.05, 4.69) is 32.2 Å². The summed E-state index contributed by atoms with van der Waals surface area (Å²) in [5.74, 6) is 0. The predicted molar refractivity (Wildman–Crippen MR) is 88.5 cm³/mol. The normalized spacial score (nSPS) is 12.8. The average Bonchev–Trinajstić information content (AvgIpc) is 2.73. The van der Waals surface area contributed by atoms with Crippen molar-refractivity contribution < 1.29 is 0 Å². The van der Waals surface area contributed by atoms with Gasteiger partial charge in [-0.15, -0.1) is 11.3 Å². The molecule has 0 bridgehead atoms. The number of nitrogens with one attached hydrogen (secondary N) is 1. The van der Waals surface area contributed by atoms with Crippen LogP contribution >= 0.6 is 22.9 Å². The fraction of sp³-hybridized carbons (Fsp3) is 0.750. The van der Waals surface area contributed by atoms with Crippen LogP contribution in [0.1, 0.15) is 75.3 Å². The van der Waals surface area contributed by atoms with E-state index in [1.165, 1.54) is 55.4 Å². The highest BCUT2D eigenvalue weighted by molar-refractivity contribution is 7.16. The second-order valence-electron chi connectivity index (χ2n) is 5.32. The van der Waals surface area contributed by atoms with Crippen molar-refractivity contribution in [2.24, 2.45) is 0 Å². The summed E-state index contributed by atoms with van der Waals surface area (Å²) in [6, 6.07) is 2.75. The molecule has 0 saturated heterocycles. The molecule has 110 valence electrons. The van der Waals surface area contributed by atoms with Crippen molar-refractivity contribution in [3.8, 4) is 0 Å². The molecule has 0 aliphatic carbocycles. The fourth-order valence-electron chi connectivity index (χ4n) is 2.27. The molecular formula is C16H28ClNS. The number of halogens is 1. The zero-order valence-corrected chi connectivity index (χ0v) is 14.2. The molecule has 1 unspecified atom stereocenters. The SMILES string of the molecule is CCCCCCCC(NCCC)c1cc(C)c(Cl)s1. The molecule has 0 amide bonds. The standard InChI is InChI=1S/C16H28ClNS/c1-4-6-7-8-9-10-14(18-11-5-2)15-12-13(3)16(17)19-15/h12,14,18H,4-11H2,1-3H3. The Hall–Kier alpha value is -0.0500. The molecule has 1 atom stereocenters. The van der Waals surface area contributed by atoms with Gasteiger partial charge in [-0.2, -0.15) is 0 Å². The Morgan fingerprint density at radius 2 is 1.89 bits per heavy atom. The molecule has 0 radical (unpaired) electrons. The van der Waals surface area contributed by atoms with Crippen LogP contribution in [0.2, 0.25) is 4.34 Å². The van der Waals surface area contributed by atoms with Crippen LogP contribution in [-0.2, 0) is 0 Å². The van der Waals surface area contributed by atoms with E-state index in [4.69, 9.17) is 11.6 Å². The fourth-order valence-corrected chi connectivity index (χ4v) is 3.60. The highest BCUT2D eigenvalue weighted by Crippen LogP contribution is 2.33. The number of aryl methyl sites for hydroxylation is 1. The first-order valence-corrected chi connectivity index (χ1v) is 8.87. The number of hydrogen-bond acceptors (Lipinski definition) is 2. The molecule has 0 aromatic carbocycles. The van der Waals surface area contributed by atoms with Crippen LogP contribution in [0.15, 0.2) is 6.07 Å². The average molecular weight is 302 g/mol. The topological polar surface area (TPSA) is 12.0 Å². The molecule has 19 heavy (non-hydrogen) atoms. The van der Waals surface area contributed by atoms with E-state index in [1.54, 1.807) is 11.3 Å². The van der Waals surface area contributed by atoms with Gasteiger partial charge in [-0.3, -0.25) is 0 Å². The van der Waals surface area contributed by atoms with Gasteiger partial charge in [0.15, 0.2) is 0 Å². The lowest BCUT2D eigenvalue weighted by Gasteiger charge is -2.17. The Morgan fingerprint density at radius 3 is 2.47 bits per heavy atom. The third-order valence-electron chi connectivity index (χ3n) is 3.46. The monoisotopic (exact) mass is 301 g/mol. The Kier molecular flexibility index (Phi) is 8.76. The van der Waals surface area contributed by atoms with Gasteiger partial charge < -0.3 is 5.32 Å². The van der Waals surface area contributed by atoms with Gasteiger partial charge in [-0.05, 0) is 37.9 Å². The van der Waals surface area contributed by atoms with Gasteiger partial charge in [0.2, 0.25) is 0 Å². The summed E-state index contributed by atoms with van der Waals surface area (Å²) < 4.78 is 0.948. The number of hydrogen-bond donors (Lipinski definition) is 1. The van der Waals surface area contributed by atoms with Gasteiger partial charge in [0.25, 0.3) is 0 Å². The minimum atomic E-state index is 0.498. The third-order valence-corrected chi connectivity index (χ3v) is 5.13. The molecule has 0 spiro atoms. The van der Waals surface area contributed by atoms with Crippen molar-refractivity contribution in [2.45, 2.75) is 71.8 Å². The van der Waals surface area contributed by atoms with Crippen LogP contribution in [0.4, 0.5) is 0 Å². The van der Waals surface area contributed by atoms with Gasteiger partial charge in [0, 0.05) is 10.9 Å². The molecule has 1 N–H and O–H groups in total. The molecule has 1 heterocycles. The van der Waals surface area contributed by atoms with Gasteiger partial charge >= 0.3 is 0 Å².